The number of aliphatic imine (C=N–C) groups is 1. The SMILES string of the molecule is CN=C(NCCCN1CCCCC1C)NCCc1coc(-c2ccc(C)cc2)n1. The van der Waals surface area contributed by atoms with Crippen LogP contribution in [0.25, 0.3) is 11.5 Å². The second kappa shape index (κ2) is 11.0. The molecule has 2 aromatic rings. The summed E-state index contributed by atoms with van der Waals surface area (Å²) in [5.74, 6) is 1.52. The van der Waals surface area contributed by atoms with E-state index in [1.807, 2.05) is 19.2 Å². The van der Waals surface area contributed by atoms with Gasteiger partial charge in [0.05, 0.1) is 5.69 Å². The maximum Gasteiger partial charge on any atom is 0.226 e. The van der Waals surface area contributed by atoms with E-state index in [1.54, 1.807) is 6.26 Å². The zero-order valence-electron chi connectivity index (χ0n) is 18.1. The van der Waals surface area contributed by atoms with Gasteiger partial charge >= 0.3 is 0 Å². The third kappa shape index (κ3) is 6.60. The van der Waals surface area contributed by atoms with Gasteiger partial charge in [0.15, 0.2) is 5.96 Å². The summed E-state index contributed by atoms with van der Waals surface area (Å²) in [5, 5.41) is 6.78. The van der Waals surface area contributed by atoms with E-state index in [0.29, 0.717) is 5.89 Å². The first kappa shape index (κ1) is 21.4. The summed E-state index contributed by atoms with van der Waals surface area (Å²) >= 11 is 0. The van der Waals surface area contributed by atoms with E-state index in [4.69, 9.17) is 4.42 Å². The van der Waals surface area contributed by atoms with Gasteiger partial charge in [-0.05, 0) is 51.8 Å². The molecule has 0 spiro atoms. The Hall–Kier alpha value is -2.34. The highest BCUT2D eigenvalue weighted by Gasteiger charge is 2.17. The average Bonchev–Trinajstić information content (AvgIpc) is 3.20. The van der Waals surface area contributed by atoms with E-state index in [-0.39, 0.29) is 0 Å². The number of nitrogens with one attached hydrogen (secondary N) is 2. The molecule has 1 aliphatic heterocycles. The van der Waals surface area contributed by atoms with Crippen LogP contribution in [0.1, 0.15) is 43.9 Å². The summed E-state index contributed by atoms with van der Waals surface area (Å²) < 4.78 is 5.63. The molecular weight excluding hydrogens is 362 g/mol. The van der Waals surface area contributed by atoms with Gasteiger partial charge in [-0.1, -0.05) is 24.1 Å². The number of guanidine groups is 1. The predicted octanol–water partition coefficient (Wildman–Crippen LogP) is 3.62. The number of rotatable bonds is 8. The molecule has 0 amide bonds. The number of oxazole rings is 1. The first-order valence-corrected chi connectivity index (χ1v) is 10.9. The normalized spacial score (nSPS) is 18.0. The Morgan fingerprint density at radius 3 is 2.76 bits per heavy atom. The molecule has 1 atom stereocenters. The molecule has 0 saturated carbocycles. The molecule has 2 heterocycles. The van der Waals surface area contributed by atoms with Crippen LogP contribution in [0.5, 0.6) is 0 Å². The van der Waals surface area contributed by atoms with Gasteiger partial charge in [-0.25, -0.2) is 4.98 Å². The number of nitrogens with zero attached hydrogens (tertiary/aromatic N) is 3. The molecule has 3 rings (SSSR count). The average molecular weight is 398 g/mol. The maximum absolute atomic E-state index is 5.63. The lowest BCUT2D eigenvalue weighted by Gasteiger charge is -2.33. The number of aromatic nitrogens is 1. The van der Waals surface area contributed by atoms with Crippen LogP contribution in [0.2, 0.25) is 0 Å². The van der Waals surface area contributed by atoms with Gasteiger partial charge in [0, 0.05) is 44.7 Å². The summed E-state index contributed by atoms with van der Waals surface area (Å²) in [5.41, 5.74) is 3.19. The number of benzene rings is 1. The van der Waals surface area contributed by atoms with Crippen LogP contribution in [0.3, 0.4) is 0 Å². The number of hydrogen-bond donors (Lipinski definition) is 2. The minimum atomic E-state index is 0.675. The van der Waals surface area contributed by atoms with Crippen molar-refractivity contribution in [2.75, 3.05) is 33.2 Å². The van der Waals surface area contributed by atoms with Gasteiger partial charge in [-0.2, -0.15) is 0 Å². The maximum atomic E-state index is 5.63. The first-order chi connectivity index (χ1) is 14.2. The Balaban J connectivity index is 1.35. The monoisotopic (exact) mass is 397 g/mol. The van der Waals surface area contributed by atoms with Crippen LogP contribution in [-0.2, 0) is 6.42 Å². The molecule has 1 aromatic carbocycles. The molecule has 6 heteroatoms. The molecule has 0 bridgehead atoms. The Kier molecular flexibility index (Phi) is 8.11. The molecule has 6 nitrogen and oxygen atoms in total. The molecule has 0 aliphatic carbocycles. The third-order valence-electron chi connectivity index (χ3n) is 5.60. The largest absolute Gasteiger partial charge is 0.444 e. The lowest BCUT2D eigenvalue weighted by Crippen LogP contribution is -2.41. The van der Waals surface area contributed by atoms with Crippen LogP contribution in [0.4, 0.5) is 0 Å². The molecule has 158 valence electrons. The quantitative estimate of drug-likeness (QED) is 0.405. The van der Waals surface area contributed by atoms with Crippen LogP contribution in [-0.4, -0.2) is 55.1 Å². The van der Waals surface area contributed by atoms with Gasteiger partial charge in [-0.3, -0.25) is 4.99 Å². The number of likely N-dealkylation sites (tertiary alicyclic amines) is 1. The topological polar surface area (TPSA) is 65.7 Å². The van der Waals surface area contributed by atoms with Gasteiger partial charge in [0.25, 0.3) is 0 Å². The fourth-order valence-corrected chi connectivity index (χ4v) is 3.76. The molecule has 29 heavy (non-hydrogen) atoms. The summed E-state index contributed by atoms with van der Waals surface area (Å²) in [4.78, 5) is 11.5. The van der Waals surface area contributed by atoms with Crippen molar-refractivity contribution in [2.24, 2.45) is 4.99 Å². The number of piperidine rings is 1. The zero-order valence-corrected chi connectivity index (χ0v) is 18.1. The zero-order chi connectivity index (χ0) is 20.5. The smallest absolute Gasteiger partial charge is 0.226 e. The van der Waals surface area contributed by atoms with Gasteiger partial charge in [-0.15, -0.1) is 0 Å². The Morgan fingerprint density at radius 1 is 1.21 bits per heavy atom. The highest BCUT2D eigenvalue weighted by atomic mass is 16.3. The number of aryl methyl sites for hydroxylation is 1. The summed E-state index contributed by atoms with van der Waals surface area (Å²) in [6.07, 6.45) is 7.73. The predicted molar refractivity (Wildman–Crippen MR) is 119 cm³/mol. The van der Waals surface area contributed by atoms with Crippen molar-refractivity contribution in [1.29, 1.82) is 0 Å². The minimum absolute atomic E-state index is 0.675. The molecular formula is C23H35N5O. The molecule has 0 radical (unpaired) electrons. The summed E-state index contributed by atoms with van der Waals surface area (Å²) in [7, 11) is 1.81. The molecule has 2 N–H and O–H groups in total. The Morgan fingerprint density at radius 2 is 2.00 bits per heavy atom. The molecule has 1 aliphatic rings. The van der Waals surface area contributed by atoms with Crippen molar-refractivity contribution in [3.63, 3.8) is 0 Å². The van der Waals surface area contributed by atoms with Crippen molar-refractivity contribution in [3.05, 3.63) is 41.8 Å². The van der Waals surface area contributed by atoms with Gasteiger partial charge < -0.3 is 20.0 Å². The van der Waals surface area contributed by atoms with E-state index in [9.17, 15) is 0 Å². The second-order valence-electron chi connectivity index (χ2n) is 7.92. The fourth-order valence-electron chi connectivity index (χ4n) is 3.76. The standard InChI is InChI=1S/C23H35N5O/c1-18-8-10-20(11-9-18)22-27-21(17-29-22)12-14-26-23(24-3)25-13-6-16-28-15-5-4-7-19(28)2/h8-11,17,19H,4-7,12-16H2,1-3H3,(H2,24,25,26). The van der Waals surface area contributed by atoms with Crippen LogP contribution in [0.15, 0.2) is 39.9 Å². The molecule has 1 saturated heterocycles. The van der Waals surface area contributed by atoms with Gasteiger partial charge in [0.1, 0.15) is 6.26 Å². The second-order valence-corrected chi connectivity index (χ2v) is 7.92. The van der Waals surface area contributed by atoms with E-state index in [1.165, 1.54) is 31.4 Å². The highest BCUT2D eigenvalue weighted by Crippen LogP contribution is 2.19. The third-order valence-corrected chi connectivity index (χ3v) is 5.60. The van der Waals surface area contributed by atoms with Crippen molar-refractivity contribution in [1.82, 2.24) is 20.5 Å². The van der Waals surface area contributed by atoms with E-state index in [2.05, 4.69) is 51.5 Å². The lowest BCUT2D eigenvalue weighted by molar-refractivity contribution is 0.159. The molecule has 1 unspecified atom stereocenters. The van der Waals surface area contributed by atoms with Crippen molar-refractivity contribution in [3.8, 4) is 11.5 Å². The molecule has 1 aromatic heterocycles. The Bertz CT molecular complexity index is 768. The summed E-state index contributed by atoms with van der Waals surface area (Å²) in [6, 6.07) is 8.96. The van der Waals surface area contributed by atoms with Crippen LogP contribution in [0, 0.1) is 6.92 Å². The van der Waals surface area contributed by atoms with Crippen LogP contribution >= 0.6 is 0 Å². The first-order valence-electron chi connectivity index (χ1n) is 10.9. The van der Waals surface area contributed by atoms with Crippen LogP contribution < -0.4 is 10.6 Å². The fraction of sp³-hybridized carbons (Fsp3) is 0.565. The van der Waals surface area contributed by atoms with Gasteiger partial charge in [0.2, 0.25) is 5.89 Å². The Labute approximate surface area is 174 Å². The number of hydrogen-bond acceptors (Lipinski definition) is 4. The van der Waals surface area contributed by atoms with E-state index >= 15 is 0 Å². The lowest BCUT2D eigenvalue weighted by atomic mass is 10.0. The summed E-state index contributed by atoms with van der Waals surface area (Å²) in [6.45, 7) is 8.53. The van der Waals surface area contributed by atoms with Crippen molar-refractivity contribution < 1.29 is 4.42 Å². The van der Waals surface area contributed by atoms with E-state index < -0.39 is 0 Å². The minimum Gasteiger partial charge on any atom is -0.444 e. The van der Waals surface area contributed by atoms with Crippen molar-refractivity contribution in [2.45, 2.75) is 52.0 Å². The molecule has 1 fully saturated rings. The highest BCUT2D eigenvalue weighted by molar-refractivity contribution is 5.79. The van der Waals surface area contributed by atoms with Crippen molar-refractivity contribution >= 4 is 5.96 Å². The van der Waals surface area contributed by atoms with E-state index in [0.717, 1.165) is 55.7 Å².